The molecule has 0 spiro atoms. The summed E-state index contributed by atoms with van der Waals surface area (Å²) in [6.07, 6.45) is 0.161. The van der Waals surface area contributed by atoms with E-state index >= 15 is 0 Å². The quantitative estimate of drug-likeness (QED) is 0.297. The van der Waals surface area contributed by atoms with E-state index < -0.39 is 45.3 Å². The van der Waals surface area contributed by atoms with Crippen molar-refractivity contribution in [1.82, 2.24) is 19.4 Å². The molecule has 0 radical (unpaired) electrons. The van der Waals surface area contributed by atoms with Gasteiger partial charge in [-0.2, -0.15) is 0 Å². The van der Waals surface area contributed by atoms with Crippen LogP contribution in [0, 0.1) is 11.6 Å². The maximum Gasteiger partial charge on any atom is 0.332 e. The second kappa shape index (κ2) is 12.6. The van der Waals surface area contributed by atoms with Crippen LogP contribution in [-0.2, 0) is 22.9 Å². The van der Waals surface area contributed by atoms with Crippen molar-refractivity contribution in [3.63, 3.8) is 0 Å². The first-order valence-electron chi connectivity index (χ1n) is 14.1. The lowest BCUT2D eigenvalue weighted by atomic mass is 10.1. The van der Waals surface area contributed by atoms with Crippen molar-refractivity contribution in [3.8, 4) is 10.4 Å². The Morgan fingerprint density at radius 2 is 1.66 bits per heavy atom. The average molecular weight is 646 g/mol. The van der Waals surface area contributed by atoms with Crippen LogP contribution in [-0.4, -0.2) is 60.6 Å². The molecule has 1 saturated heterocycles. The highest BCUT2D eigenvalue weighted by Gasteiger charge is 2.31. The predicted molar refractivity (Wildman–Crippen MR) is 168 cm³/mol. The normalized spacial score (nSPS) is 15.1. The molecule has 1 fully saturated rings. The molecule has 0 bridgehead atoms. The number of halogens is 2. The van der Waals surface area contributed by atoms with Crippen LogP contribution in [0.3, 0.4) is 0 Å². The Kier molecular flexibility index (Phi) is 9.05. The summed E-state index contributed by atoms with van der Waals surface area (Å²) in [5.74, 6) is -1.99. The van der Waals surface area contributed by atoms with E-state index in [2.05, 4.69) is 10.6 Å². The summed E-state index contributed by atoms with van der Waals surface area (Å²) in [4.78, 5) is 43.1. The number of thiophene rings is 1. The van der Waals surface area contributed by atoms with Crippen molar-refractivity contribution >= 4 is 43.1 Å². The number of aromatic nitrogens is 2. The van der Waals surface area contributed by atoms with E-state index in [-0.39, 0.29) is 46.2 Å². The smallest absolute Gasteiger partial charge is 0.332 e. The molecule has 4 aromatic rings. The molecule has 14 heteroatoms. The second-order valence-electron chi connectivity index (χ2n) is 11.0. The summed E-state index contributed by atoms with van der Waals surface area (Å²) in [6, 6.07) is 9.43. The monoisotopic (exact) mass is 645 g/mol. The lowest BCUT2D eigenvalue weighted by Crippen LogP contribution is -2.44. The first kappa shape index (κ1) is 31.5. The van der Waals surface area contributed by atoms with Gasteiger partial charge in [-0.05, 0) is 69.3 Å². The van der Waals surface area contributed by atoms with Gasteiger partial charge in [0.05, 0.1) is 23.4 Å². The molecule has 3 heterocycles. The maximum atomic E-state index is 14.9. The van der Waals surface area contributed by atoms with Gasteiger partial charge in [0, 0.05) is 35.3 Å². The van der Waals surface area contributed by atoms with Gasteiger partial charge in [0.2, 0.25) is 0 Å². The molecular weight excluding hydrogens is 612 g/mol. The number of urea groups is 1. The fourth-order valence-electron chi connectivity index (χ4n) is 5.47. The molecule has 234 valence electrons. The highest BCUT2D eigenvalue weighted by Crippen LogP contribution is 2.38. The number of hydrogen-bond donors (Lipinski definition) is 2. The third-order valence-corrected chi connectivity index (χ3v) is 10.6. The average Bonchev–Trinajstić information content (AvgIpc) is 3.32. The summed E-state index contributed by atoms with van der Waals surface area (Å²) in [6.45, 7) is 2.12. The Balaban J connectivity index is 1.75. The minimum absolute atomic E-state index is 0.0805. The van der Waals surface area contributed by atoms with Crippen LogP contribution in [0.1, 0.15) is 36.9 Å². The van der Waals surface area contributed by atoms with Gasteiger partial charge in [-0.3, -0.25) is 13.9 Å². The van der Waals surface area contributed by atoms with Crippen LogP contribution >= 0.6 is 11.3 Å². The lowest BCUT2D eigenvalue weighted by Gasteiger charge is -2.24. The van der Waals surface area contributed by atoms with Crippen LogP contribution < -0.4 is 21.9 Å². The number of rotatable bonds is 8. The van der Waals surface area contributed by atoms with Crippen LogP contribution in [0.15, 0.2) is 52.1 Å². The van der Waals surface area contributed by atoms with E-state index in [9.17, 15) is 31.6 Å². The van der Waals surface area contributed by atoms with Gasteiger partial charge in [0.25, 0.3) is 5.56 Å². The maximum absolute atomic E-state index is 14.9. The summed E-state index contributed by atoms with van der Waals surface area (Å²) >= 11 is 1.17. The number of amides is 2. The van der Waals surface area contributed by atoms with E-state index in [1.54, 1.807) is 31.2 Å². The molecule has 5 rings (SSSR count). The first-order chi connectivity index (χ1) is 20.9. The molecule has 10 nitrogen and oxygen atoms in total. The number of anilines is 1. The van der Waals surface area contributed by atoms with Gasteiger partial charge in [0.15, 0.2) is 0 Å². The zero-order valence-corrected chi connectivity index (χ0v) is 26.2. The number of benzene rings is 2. The van der Waals surface area contributed by atoms with Crippen LogP contribution in [0.4, 0.5) is 19.3 Å². The number of carbonyl (C=O) groups is 1. The number of fused-ring (bicyclic) bond motifs is 1. The predicted octanol–water partition coefficient (Wildman–Crippen LogP) is 4.17. The van der Waals surface area contributed by atoms with Crippen molar-refractivity contribution < 1.29 is 22.0 Å². The molecular formula is C30H33F2N5O5S2. The zero-order valence-electron chi connectivity index (χ0n) is 24.5. The lowest BCUT2D eigenvalue weighted by molar-refractivity contribution is 0.252. The standard InChI is InChI=1S/C30H33F2N5O5S2/c1-4-33-29(39)34-19-10-8-18(9-11-19)26-22(16-35(2)3)25-27(38)37(20-12-14-44(41,42)15-13-20)30(40)36(28(25)43-26)17-21-23(31)6-5-7-24(21)32/h5-11,20H,4,12-17H2,1-3H3,(H2,33,34,39). The zero-order chi connectivity index (χ0) is 31.8. The number of carbonyl (C=O) groups excluding carboxylic acids is 1. The summed E-state index contributed by atoms with van der Waals surface area (Å²) in [7, 11) is 0.380. The molecule has 2 N–H and O–H groups in total. The largest absolute Gasteiger partial charge is 0.338 e. The third kappa shape index (κ3) is 6.33. The van der Waals surface area contributed by atoms with Crippen molar-refractivity contribution in [1.29, 1.82) is 0 Å². The van der Waals surface area contributed by atoms with E-state index in [1.807, 2.05) is 19.0 Å². The van der Waals surface area contributed by atoms with Gasteiger partial charge in [-0.1, -0.05) is 18.2 Å². The minimum Gasteiger partial charge on any atom is -0.338 e. The summed E-state index contributed by atoms with van der Waals surface area (Å²) in [5, 5.41) is 5.65. The molecule has 1 aliphatic rings. The van der Waals surface area contributed by atoms with Gasteiger partial charge in [-0.25, -0.2) is 26.8 Å². The molecule has 2 amide bonds. The molecule has 44 heavy (non-hydrogen) atoms. The molecule has 0 aliphatic carbocycles. The molecule has 2 aromatic carbocycles. The third-order valence-electron chi connectivity index (χ3n) is 7.59. The van der Waals surface area contributed by atoms with Crippen molar-refractivity contribution in [3.05, 3.63) is 86.1 Å². The molecule has 0 atom stereocenters. The van der Waals surface area contributed by atoms with Gasteiger partial charge < -0.3 is 15.5 Å². The second-order valence-corrected chi connectivity index (χ2v) is 14.3. The van der Waals surface area contributed by atoms with Crippen LogP contribution in [0.5, 0.6) is 0 Å². The molecule has 1 aliphatic heterocycles. The van der Waals surface area contributed by atoms with Crippen molar-refractivity contribution in [2.75, 3.05) is 37.5 Å². The number of hydrogen-bond acceptors (Lipinski definition) is 7. The van der Waals surface area contributed by atoms with Gasteiger partial charge >= 0.3 is 11.7 Å². The van der Waals surface area contributed by atoms with Crippen molar-refractivity contribution in [2.45, 2.75) is 38.9 Å². The fraction of sp³-hybridized carbons (Fsp3) is 0.367. The van der Waals surface area contributed by atoms with Crippen LogP contribution in [0.25, 0.3) is 20.7 Å². The number of nitrogens with zero attached hydrogens (tertiary/aromatic N) is 3. The number of sulfone groups is 1. The Bertz CT molecular complexity index is 1920. The Labute approximate surface area is 256 Å². The van der Waals surface area contributed by atoms with Crippen molar-refractivity contribution in [2.24, 2.45) is 0 Å². The van der Waals surface area contributed by atoms with Gasteiger partial charge in [-0.15, -0.1) is 11.3 Å². The Morgan fingerprint density at radius 1 is 1.02 bits per heavy atom. The first-order valence-corrected chi connectivity index (χ1v) is 16.8. The Hall–Kier alpha value is -3.88. The number of nitrogens with one attached hydrogen (secondary N) is 2. The highest BCUT2D eigenvalue weighted by atomic mass is 32.2. The fourth-order valence-corrected chi connectivity index (χ4v) is 8.24. The highest BCUT2D eigenvalue weighted by molar-refractivity contribution is 7.91. The van der Waals surface area contributed by atoms with E-state index in [0.717, 1.165) is 22.3 Å². The Morgan fingerprint density at radius 3 is 2.25 bits per heavy atom. The molecule has 0 saturated carbocycles. The van der Waals surface area contributed by atoms with E-state index in [0.29, 0.717) is 29.2 Å². The molecule has 0 unspecified atom stereocenters. The van der Waals surface area contributed by atoms with E-state index in [1.165, 1.54) is 22.0 Å². The SMILES string of the molecule is CCNC(=O)Nc1ccc(-c2sc3c(c2CN(C)C)c(=O)n(C2CCS(=O)(=O)CC2)c(=O)n3Cc2c(F)cccc2F)cc1. The topological polar surface area (TPSA) is 123 Å². The summed E-state index contributed by atoms with van der Waals surface area (Å²) < 4.78 is 56.3. The minimum atomic E-state index is -3.29. The van der Waals surface area contributed by atoms with Gasteiger partial charge in [0.1, 0.15) is 26.3 Å². The summed E-state index contributed by atoms with van der Waals surface area (Å²) in [5.41, 5.74) is 0.266. The van der Waals surface area contributed by atoms with Crippen LogP contribution in [0.2, 0.25) is 0 Å². The van der Waals surface area contributed by atoms with E-state index in [4.69, 9.17) is 0 Å². The molecule has 2 aromatic heterocycles.